The van der Waals surface area contributed by atoms with Gasteiger partial charge in [0.25, 0.3) is 0 Å². The Balaban J connectivity index is 1.83. The lowest BCUT2D eigenvalue weighted by Gasteiger charge is -2.20. The molecule has 4 aromatic rings. The SMILES string of the molecule is COc1ncnc(OC)c1-n1c(CS(=O)(=O)[C@H](C)[C@@H](C)c2ncc(F)cn2)nnc1-c1cncc(C)c1. The summed E-state index contributed by atoms with van der Waals surface area (Å²) in [7, 11) is -1.01. The number of pyridine rings is 1. The van der Waals surface area contributed by atoms with E-state index < -0.39 is 32.6 Å². The Morgan fingerprint density at radius 3 is 2.22 bits per heavy atom. The van der Waals surface area contributed by atoms with E-state index in [-0.39, 0.29) is 29.1 Å². The molecule has 0 spiro atoms. The molecule has 0 saturated carbocycles. The van der Waals surface area contributed by atoms with E-state index in [0.29, 0.717) is 11.4 Å². The van der Waals surface area contributed by atoms with Crippen molar-refractivity contribution in [1.29, 1.82) is 0 Å². The van der Waals surface area contributed by atoms with Gasteiger partial charge in [-0.05, 0) is 25.5 Å². The standard InChI is InChI=1S/C23H25FN8O4S/c1-13-6-16(8-25-7-13)21-31-30-18(32(21)19-22(35-4)28-12-29-23(19)36-5)11-37(33,34)15(3)14(2)20-26-9-17(24)10-27-20/h6-10,12,14-15H,11H2,1-5H3/t14-,15-/m1/s1. The van der Waals surface area contributed by atoms with E-state index in [1.165, 1.54) is 25.1 Å². The number of sulfone groups is 1. The van der Waals surface area contributed by atoms with Crippen LogP contribution in [-0.4, -0.2) is 67.6 Å². The molecular formula is C23H25FN8O4S. The fourth-order valence-corrected chi connectivity index (χ4v) is 5.29. The summed E-state index contributed by atoms with van der Waals surface area (Å²) in [5.74, 6) is -0.853. The number of halogens is 1. The highest BCUT2D eigenvalue weighted by Crippen LogP contribution is 2.34. The number of hydrogen-bond donors (Lipinski definition) is 0. The van der Waals surface area contributed by atoms with Gasteiger partial charge in [-0.2, -0.15) is 9.97 Å². The molecule has 0 unspecified atom stereocenters. The second-order valence-corrected chi connectivity index (χ2v) is 10.7. The van der Waals surface area contributed by atoms with Crippen molar-refractivity contribution in [3.63, 3.8) is 0 Å². The summed E-state index contributed by atoms with van der Waals surface area (Å²) in [6, 6.07) is 1.84. The number of ether oxygens (including phenoxy) is 2. The second-order valence-electron chi connectivity index (χ2n) is 8.33. The second kappa shape index (κ2) is 10.5. The Morgan fingerprint density at radius 2 is 1.62 bits per heavy atom. The van der Waals surface area contributed by atoms with Crippen molar-refractivity contribution in [1.82, 2.24) is 39.7 Å². The van der Waals surface area contributed by atoms with Crippen LogP contribution in [0.5, 0.6) is 11.8 Å². The van der Waals surface area contributed by atoms with Gasteiger partial charge in [0.15, 0.2) is 33.0 Å². The summed E-state index contributed by atoms with van der Waals surface area (Å²) >= 11 is 0. The highest BCUT2D eigenvalue weighted by atomic mass is 32.2. The minimum Gasteiger partial charge on any atom is -0.479 e. The molecule has 4 heterocycles. The number of aryl methyl sites for hydroxylation is 1. The summed E-state index contributed by atoms with van der Waals surface area (Å²) < 4.78 is 52.8. The molecule has 37 heavy (non-hydrogen) atoms. The first kappa shape index (κ1) is 26.0. The largest absolute Gasteiger partial charge is 0.479 e. The third-order valence-corrected chi connectivity index (χ3v) is 8.08. The van der Waals surface area contributed by atoms with E-state index in [4.69, 9.17) is 9.47 Å². The van der Waals surface area contributed by atoms with Crippen molar-refractivity contribution in [3.05, 3.63) is 60.2 Å². The Hall–Kier alpha value is -4.07. The van der Waals surface area contributed by atoms with E-state index in [0.717, 1.165) is 18.0 Å². The maximum Gasteiger partial charge on any atom is 0.245 e. The number of rotatable bonds is 9. The van der Waals surface area contributed by atoms with E-state index in [2.05, 4.69) is 35.1 Å². The number of aromatic nitrogens is 8. The lowest BCUT2D eigenvalue weighted by Crippen LogP contribution is -2.27. The fourth-order valence-electron chi connectivity index (χ4n) is 3.74. The van der Waals surface area contributed by atoms with Crippen molar-refractivity contribution in [2.45, 2.75) is 37.7 Å². The molecule has 0 N–H and O–H groups in total. The van der Waals surface area contributed by atoms with Gasteiger partial charge >= 0.3 is 0 Å². The molecule has 0 aliphatic rings. The number of hydrogen-bond acceptors (Lipinski definition) is 11. The van der Waals surface area contributed by atoms with Crippen LogP contribution in [0.2, 0.25) is 0 Å². The first-order valence-electron chi connectivity index (χ1n) is 11.1. The molecule has 14 heteroatoms. The zero-order chi connectivity index (χ0) is 26.7. The zero-order valence-electron chi connectivity index (χ0n) is 20.8. The van der Waals surface area contributed by atoms with Crippen molar-refractivity contribution in [2.75, 3.05) is 14.2 Å². The topological polar surface area (TPSA) is 148 Å². The lowest BCUT2D eigenvalue weighted by atomic mass is 10.1. The molecule has 194 valence electrons. The van der Waals surface area contributed by atoms with Crippen LogP contribution in [0.25, 0.3) is 17.1 Å². The summed E-state index contributed by atoms with van der Waals surface area (Å²) in [4.78, 5) is 20.4. The smallest absolute Gasteiger partial charge is 0.245 e. The van der Waals surface area contributed by atoms with Crippen LogP contribution < -0.4 is 9.47 Å². The maximum absolute atomic E-state index is 13.6. The van der Waals surface area contributed by atoms with Crippen molar-refractivity contribution in [2.24, 2.45) is 0 Å². The van der Waals surface area contributed by atoms with Crippen molar-refractivity contribution >= 4 is 9.84 Å². The molecule has 0 amide bonds. The van der Waals surface area contributed by atoms with E-state index in [1.807, 2.05) is 13.0 Å². The third-order valence-electron chi connectivity index (χ3n) is 5.88. The minimum absolute atomic E-state index is 0.0852. The molecular weight excluding hydrogens is 503 g/mol. The van der Waals surface area contributed by atoms with Gasteiger partial charge in [-0.3, -0.25) is 9.55 Å². The lowest BCUT2D eigenvalue weighted by molar-refractivity contribution is 0.368. The fraction of sp³-hybridized carbons (Fsp3) is 0.348. The zero-order valence-corrected chi connectivity index (χ0v) is 21.6. The molecule has 0 aliphatic heterocycles. The predicted octanol–water partition coefficient (Wildman–Crippen LogP) is 2.48. The highest BCUT2D eigenvalue weighted by molar-refractivity contribution is 7.91. The molecule has 12 nitrogen and oxygen atoms in total. The van der Waals surface area contributed by atoms with E-state index in [9.17, 15) is 12.8 Å². The number of nitrogens with zero attached hydrogens (tertiary/aromatic N) is 8. The van der Waals surface area contributed by atoms with Gasteiger partial charge in [0, 0.05) is 23.9 Å². The average molecular weight is 529 g/mol. The summed E-state index contributed by atoms with van der Waals surface area (Å²) in [6.07, 6.45) is 6.55. The molecule has 0 radical (unpaired) electrons. The first-order valence-corrected chi connectivity index (χ1v) is 12.9. The van der Waals surface area contributed by atoms with E-state index in [1.54, 1.807) is 26.2 Å². The molecule has 0 saturated heterocycles. The summed E-state index contributed by atoms with van der Waals surface area (Å²) in [5, 5.41) is 7.58. The molecule has 0 aromatic carbocycles. The minimum atomic E-state index is -3.85. The average Bonchev–Trinajstić information content (AvgIpc) is 3.29. The Labute approximate surface area is 212 Å². The molecule has 0 aliphatic carbocycles. The quantitative estimate of drug-likeness (QED) is 0.315. The van der Waals surface area contributed by atoms with Crippen molar-refractivity contribution < 1.29 is 22.3 Å². The summed E-state index contributed by atoms with van der Waals surface area (Å²) in [6.45, 7) is 5.09. The van der Waals surface area contributed by atoms with Crippen LogP contribution in [-0.2, 0) is 15.6 Å². The maximum atomic E-state index is 13.6. The third kappa shape index (κ3) is 5.23. The summed E-state index contributed by atoms with van der Waals surface area (Å²) in [5.41, 5.74) is 1.69. The van der Waals surface area contributed by atoms with Gasteiger partial charge < -0.3 is 9.47 Å². The van der Waals surface area contributed by atoms with Crippen molar-refractivity contribution in [3.8, 4) is 28.8 Å². The van der Waals surface area contributed by atoms with Crippen LogP contribution in [0.3, 0.4) is 0 Å². The van der Waals surface area contributed by atoms with Gasteiger partial charge in [0.1, 0.15) is 17.9 Å². The Kier molecular flexibility index (Phi) is 7.38. The molecule has 4 rings (SSSR count). The normalized spacial score (nSPS) is 13.2. The van der Waals surface area contributed by atoms with E-state index >= 15 is 0 Å². The van der Waals surface area contributed by atoms with Crippen LogP contribution in [0.15, 0.2) is 37.2 Å². The van der Waals surface area contributed by atoms with Gasteiger partial charge in [-0.15, -0.1) is 10.2 Å². The van der Waals surface area contributed by atoms with Crippen LogP contribution >= 0.6 is 0 Å². The molecule has 2 atom stereocenters. The number of methoxy groups -OCH3 is 2. The highest BCUT2D eigenvalue weighted by Gasteiger charge is 2.33. The first-order chi connectivity index (χ1) is 17.7. The molecule has 4 aromatic heterocycles. The predicted molar refractivity (Wildman–Crippen MR) is 131 cm³/mol. The Bertz CT molecular complexity index is 1490. The van der Waals surface area contributed by atoms with Crippen LogP contribution in [0.1, 0.15) is 37.0 Å². The molecule has 0 fully saturated rings. The van der Waals surface area contributed by atoms with Crippen LogP contribution in [0.4, 0.5) is 4.39 Å². The van der Waals surface area contributed by atoms with Gasteiger partial charge in [-0.1, -0.05) is 6.92 Å². The van der Waals surface area contributed by atoms with Gasteiger partial charge in [0.05, 0.1) is 31.9 Å². The van der Waals surface area contributed by atoms with Crippen LogP contribution in [0, 0.1) is 12.7 Å². The van der Waals surface area contributed by atoms with Gasteiger partial charge in [-0.25, -0.2) is 22.8 Å². The Morgan fingerprint density at radius 1 is 0.973 bits per heavy atom. The molecule has 0 bridgehead atoms. The monoisotopic (exact) mass is 528 g/mol. The van der Waals surface area contributed by atoms with Gasteiger partial charge in [0.2, 0.25) is 11.8 Å².